The maximum absolute atomic E-state index is 13.2. The van der Waals surface area contributed by atoms with Gasteiger partial charge >= 0.3 is 0 Å². The van der Waals surface area contributed by atoms with Crippen molar-refractivity contribution in [2.75, 3.05) is 7.11 Å². The number of hydrogen-bond donors (Lipinski definition) is 1. The Bertz CT molecular complexity index is 1220. The second-order valence-corrected chi connectivity index (χ2v) is 8.58. The van der Waals surface area contributed by atoms with Gasteiger partial charge in [0.05, 0.1) is 25.3 Å². The van der Waals surface area contributed by atoms with Crippen LogP contribution in [0.15, 0.2) is 82.8 Å². The van der Waals surface area contributed by atoms with E-state index in [9.17, 15) is 14.7 Å². The Labute approximate surface area is 195 Å². The number of Topliss-reactive ketones (excluding diaryl/α,β-unsaturated/α-hetero) is 1. The minimum absolute atomic E-state index is 0.0813. The summed E-state index contributed by atoms with van der Waals surface area (Å²) >= 11 is 3.38. The van der Waals surface area contributed by atoms with E-state index in [-0.39, 0.29) is 17.9 Å². The summed E-state index contributed by atoms with van der Waals surface area (Å²) in [5, 5.41) is 11.1. The summed E-state index contributed by atoms with van der Waals surface area (Å²) in [7, 11) is 1.57. The Kier molecular flexibility index (Phi) is 6.15. The number of likely N-dealkylation sites (tertiary alicyclic amines) is 1. The molecule has 0 aromatic heterocycles. The quantitative estimate of drug-likeness (QED) is 0.295. The van der Waals surface area contributed by atoms with E-state index in [1.54, 1.807) is 31.4 Å². The molecule has 1 N–H and O–H groups in total. The zero-order valence-corrected chi connectivity index (χ0v) is 19.3. The Hall–Kier alpha value is -3.38. The Morgan fingerprint density at radius 3 is 2.44 bits per heavy atom. The van der Waals surface area contributed by atoms with Crippen molar-refractivity contribution in [2.45, 2.75) is 19.5 Å². The lowest BCUT2D eigenvalue weighted by molar-refractivity contribution is -0.140. The van der Waals surface area contributed by atoms with E-state index in [1.165, 1.54) is 4.90 Å². The van der Waals surface area contributed by atoms with Gasteiger partial charge in [-0.25, -0.2) is 0 Å². The van der Waals surface area contributed by atoms with E-state index >= 15 is 0 Å². The number of ether oxygens (including phenoxy) is 1. The van der Waals surface area contributed by atoms with Crippen LogP contribution < -0.4 is 4.74 Å². The summed E-state index contributed by atoms with van der Waals surface area (Å²) < 4.78 is 6.29. The number of aliphatic hydroxyl groups excluding tert-OH is 1. The zero-order chi connectivity index (χ0) is 22.8. The number of aliphatic hydroxyl groups is 1. The topological polar surface area (TPSA) is 66.8 Å². The number of nitrogens with zero attached hydrogens (tertiary/aromatic N) is 1. The van der Waals surface area contributed by atoms with E-state index in [0.29, 0.717) is 11.3 Å². The van der Waals surface area contributed by atoms with Crippen molar-refractivity contribution in [1.29, 1.82) is 0 Å². The molecule has 1 atom stereocenters. The first kappa shape index (κ1) is 21.8. The maximum Gasteiger partial charge on any atom is 0.295 e. The standard InChI is InChI=1S/C26H22BrNO4/c1-16-6-5-8-18(14-16)23-22(24(29)17-10-12-20(27)13-11-17)25(30)26(31)28(23)15-19-7-3-4-9-21(19)32-2/h3-14,23,29H,15H2,1-2H3/b24-22-. The van der Waals surface area contributed by atoms with Gasteiger partial charge in [0.15, 0.2) is 0 Å². The fourth-order valence-corrected chi connectivity index (χ4v) is 4.27. The van der Waals surface area contributed by atoms with Gasteiger partial charge in [-0.3, -0.25) is 9.59 Å². The average molecular weight is 492 g/mol. The Morgan fingerprint density at radius 1 is 1.03 bits per heavy atom. The summed E-state index contributed by atoms with van der Waals surface area (Å²) in [6.45, 7) is 2.12. The van der Waals surface area contributed by atoms with Crippen molar-refractivity contribution in [3.05, 3.63) is 105 Å². The highest BCUT2D eigenvalue weighted by Gasteiger charge is 2.46. The van der Waals surface area contributed by atoms with Gasteiger partial charge < -0.3 is 14.7 Å². The van der Waals surface area contributed by atoms with Crippen molar-refractivity contribution in [3.8, 4) is 5.75 Å². The molecule has 0 spiro atoms. The largest absolute Gasteiger partial charge is 0.507 e. The number of ketones is 1. The average Bonchev–Trinajstić information content (AvgIpc) is 3.04. The van der Waals surface area contributed by atoms with Crippen LogP contribution in [0.25, 0.3) is 5.76 Å². The number of para-hydroxylation sites is 1. The van der Waals surface area contributed by atoms with E-state index in [0.717, 1.165) is 21.2 Å². The van der Waals surface area contributed by atoms with Crippen LogP contribution in [-0.2, 0) is 16.1 Å². The predicted molar refractivity (Wildman–Crippen MR) is 126 cm³/mol. The van der Waals surface area contributed by atoms with Crippen LogP contribution in [0.4, 0.5) is 0 Å². The third-order valence-electron chi connectivity index (χ3n) is 5.55. The molecular weight excluding hydrogens is 470 g/mol. The maximum atomic E-state index is 13.2. The molecule has 1 amide bonds. The number of aryl methyl sites for hydroxylation is 1. The number of amides is 1. The van der Waals surface area contributed by atoms with Crippen LogP contribution in [0.1, 0.15) is 28.3 Å². The molecule has 3 aromatic carbocycles. The third-order valence-corrected chi connectivity index (χ3v) is 6.08. The number of halogens is 1. The van der Waals surface area contributed by atoms with Crippen LogP contribution in [0.2, 0.25) is 0 Å². The third kappa shape index (κ3) is 4.06. The zero-order valence-electron chi connectivity index (χ0n) is 17.7. The molecule has 0 bridgehead atoms. The fourth-order valence-electron chi connectivity index (χ4n) is 4.01. The summed E-state index contributed by atoms with van der Waals surface area (Å²) in [5.74, 6) is -0.914. The van der Waals surface area contributed by atoms with Crippen LogP contribution >= 0.6 is 15.9 Å². The smallest absolute Gasteiger partial charge is 0.295 e. The first-order valence-corrected chi connectivity index (χ1v) is 10.9. The van der Waals surface area contributed by atoms with Gasteiger partial charge in [-0.1, -0.05) is 76.1 Å². The van der Waals surface area contributed by atoms with E-state index in [1.807, 2.05) is 55.5 Å². The molecule has 6 heteroatoms. The number of rotatable bonds is 5. The molecule has 4 rings (SSSR count). The first-order chi connectivity index (χ1) is 15.4. The van der Waals surface area contributed by atoms with Crippen LogP contribution in [0.5, 0.6) is 5.75 Å². The molecule has 1 aliphatic heterocycles. The molecule has 1 fully saturated rings. The number of methoxy groups -OCH3 is 1. The molecule has 0 radical (unpaired) electrons. The van der Waals surface area contributed by atoms with E-state index in [2.05, 4.69) is 15.9 Å². The van der Waals surface area contributed by atoms with Crippen LogP contribution in [-0.4, -0.2) is 28.8 Å². The van der Waals surface area contributed by atoms with E-state index in [4.69, 9.17) is 4.74 Å². The number of benzene rings is 3. The number of carbonyl (C=O) groups excluding carboxylic acids is 2. The molecule has 0 saturated carbocycles. The minimum Gasteiger partial charge on any atom is -0.507 e. The SMILES string of the molecule is COc1ccccc1CN1C(=O)C(=O)/C(=C(\O)c2ccc(Br)cc2)C1c1cccc(C)c1. The van der Waals surface area contributed by atoms with Gasteiger partial charge in [0.2, 0.25) is 0 Å². The lowest BCUT2D eigenvalue weighted by Crippen LogP contribution is -2.29. The molecule has 1 heterocycles. The van der Waals surface area contributed by atoms with Crippen molar-refractivity contribution in [3.63, 3.8) is 0 Å². The second-order valence-electron chi connectivity index (χ2n) is 7.66. The molecular formula is C26H22BrNO4. The highest BCUT2D eigenvalue weighted by molar-refractivity contribution is 9.10. The highest BCUT2D eigenvalue weighted by Crippen LogP contribution is 2.41. The molecule has 1 aliphatic rings. The van der Waals surface area contributed by atoms with Gasteiger partial charge in [0.1, 0.15) is 11.5 Å². The lowest BCUT2D eigenvalue weighted by atomic mass is 9.94. The fraction of sp³-hybridized carbons (Fsp3) is 0.154. The molecule has 1 saturated heterocycles. The first-order valence-electron chi connectivity index (χ1n) is 10.1. The van der Waals surface area contributed by atoms with E-state index < -0.39 is 17.7 Å². The van der Waals surface area contributed by atoms with Gasteiger partial charge in [0, 0.05) is 15.6 Å². The molecule has 3 aromatic rings. The molecule has 32 heavy (non-hydrogen) atoms. The predicted octanol–water partition coefficient (Wildman–Crippen LogP) is 5.39. The van der Waals surface area contributed by atoms with Crippen molar-refractivity contribution in [1.82, 2.24) is 4.90 Å². The monoisotopic (exact) mass is 491 g/mol. The van der Waals surface area contributed by atoms with Gasteiger partial charge in [-0.15, -0.1) is 0 Å². The van der Waals surface area contributed by atoms with Crippen LogP contribution in [0.3, 0.4) is 0 Å². The summed E-state index contributed by atoms with van der Waals surface area (Å²) in [4.78, 5) is 27.8. The molecule has 1 unspecified atom stereocenters. The summed E-state index contributed by atoms with van der Waals surface area (Å²) in [6.07, 6.45) is 0. The summed E-state index contributed by atoms with van der Waals surface area (Å²) in [6, 6.07) is 21.3. The molecule has 5 nitrogen and oxygen atoms in total. The van der Waals surface area contributed by atoms with Crippen molar-refractivity contribution >= 4 is 33.4 Å². The lowest BCUT2D eigenvalue weighted by Gasteiger charge is -2.26. The van der Waals surface area contributed by atoms with Gasteiger partial charge in [-0.2, -0.15) is 0 Å². The highest BCUT2D eigenvalue weighted by atomic mass is 79.9. The number of carbonyl (C=O) groups is 2. The second kappa shape index (κ2) is 9.01. The number of hydrogen-bond acceptors (Lipinski definition) is 4. The normalized spacial score (nSPS) is 17.6. The minimum atomic E-state index is -0.719. The van der Waals surface area contributed by atoms with Gasteiger partial charge in [0.25, 0.3) is 11.7 Å². The Balaban J connectivity index is 1.87. The van der Waals surface area contributed by atoms with Crippen molar-refractivity contribution < 1.29 is 19.4 Å². The molecule has 0 aliphatic carbocycles. The Morgan fingerprint density at radius 2 is 1.75 bits per heavy atom. The van der Waals surface area contributed by atoms with Crippen molar-refractivity contribution in [2.24, 2.45) is 0 Å². The molecule has 162 valence electrons. The summed E-state index contributed by atoms with van der Waals surface area (Å²) in [5.41, 5.74) is 3.09. The van der Waals surface area contributed by atoms with Gasteiger partial charge in [-0.05, 0) is 30.7 Å². The van der Waals surface area contributed by atoms with Crippen LogP contribution in [0, 0.1) is 6.92 Å².